The third kappa shape index (κ3) is 4.65. The van der Waals surface area contributed by atoms with E-state index in [2.05, 4.69) is 10.6 Å². The summed E-state index contributed by atoms with van der Waals surface area (Å²) >= 11 is 6.05. The molecule has 0 aromatic heterocycles. The number of carbonyl (C=O) groups is 3. The monoisotopic (exact) mass is 448 g/mol. The Morgan fingerprint density at radius 1 is 0.781 bits per heavy atom. The number of nitrogens with one attached hydrogen (secondary N) is 2. The molecule has 7 heteroatoms. The molecular formula is C25H21ClN2O4. The van der Waals surface area contributed by atoms with Crippen molar-refractivity contribution in [1.29, 1.82) is 0 Å². The van der Waals surface area contributed by atoms with E-state index in [9.17, 15) is 14.4 Å². The first-order valence-electron chi connectivity index (χ1n) is 10.2. The van der Waals surface area contributed by atoms with Crippen molar-refractivity contribution < 1.29 is 19.5 Å². The van der Waals surface area contributed by atoms with Gasteiger partial charge in [0.25, 0.3) is 0 Å². The van der Waals surface area contributed by atoms with Gasteiger partial charge in [0.05, 0.1) is 16.6 Å². The highest BCUT2D eigenvalue weighted by Gasteiger charge is 2.41. The Morgan fingerprint density at radius 2 is 1.38 bits per heavy atom. The second-order valence-electron chi connectivity index (χ2n) is 7.71. The number of halogens is 1. The van der Waals surface area contributed by atoms with E-state index in [1.54, 1.807) is 48.5 Å². The minimum Gasteiger partial charge on any atom is -0.481 e. The predicted octanol–water partition coefficient (Wildman–Crippen LogP) is 5.94. The first-order valence-corrected chi connectivity index (χ1v) is 10.6. The van der Waals surface area contributed by atoms with Gasteiger partial charge in [-0.05, 0) is 48.2 Å². The molecule has 0 bridgehead atoms. The number of ketones is 1. The summed E-state index contributed by atoms with van der Waals surface area (Å²) in [5, 5.41) is 15.1. The van der Waals surface area contributed by atoms with Gasteiger partial charge in [-0.2, -0.15) is 0 Å². The number of amides is 2. The van der Waals surface area contributed by atoms with Gasteiger partial charge in [-0.15, -0.1) is 0 Å². The number of carboxylic acid groups (broad SMARTS) is 1. The van der Waals surface area contributed by atoms with Crippen LogP contribution in [0.25, 0.3) is 11.1 Å². The Balaban J connectivity index is 1.38. The molecule has 0 unspecified atom stereocenters. The molecule has 0 spiro atoms. The number of carboxylic acids is 1. The smallest absolute Gasteiger partial charge is 0.323 e. The molecule has 6 nitrogen and oxygen atoms in total. The maximum absolute atomic E-state index is 12.6. The molecule has 0 heterocycles. The molecule has 1 aliphatic rings. The Bertz CT molecular complexity index is 1160. The van der Waals surface area contributed by atoms with Crippen molar-refractivity contribution in [3.8, 4) is 11.1 Å². The van der Waals surface area contributed by atoms with Crippen LogP contribution in [0.3, 0.4) is 0 Å². The lowest BCUT2D eigenvalue weighted by Gasteiger charge is -2.31. The summed E-state index contributed by atoms with van der Waals surface area (Å²) in [7, 11) is 0. The van der Waals surface area contributed by atoms with Crippen molar-refractivity contribution in [2.75, 3.05) is 10.6 Å². The number of Topliss-reactive ketones (excluding diaryl/α,β-unsaturated/α-hetero) is 1. The molecule has 3 aromatic rings. The highest BCUT2D eigenvalue weighted by Crippen LogP contribution is 2.37. The number of hydrogen-bond donors (Lipinski definition) is 3. The van der Waals surface area contributed by atoms with Crippen LogP contribution >= 0.6 is 11.6 Å². The van der Waals surface area contributed by atoms with Gasteiger partial charge in [0.1, 0.15) is 0 Å². The third-order valence-corrected chi connectivity index (χ3v) is 6.03. The summed E-state index contributed by atoms with van der Waals surface area (Å²) in [4.78, 5) is 35.9. The quantitative estimate of drug-likeness (QED) is 0.406. The Kier molecular flexibility index (Phi) is 6.23. The highest BCUT2D eigenvalue weighted by molar-refractivity contribution is 6.33. The van der Waals surface area contributed by atoms with Gasteiger partial charge in [0.2, 0.25) is 0 Å². The van der Waals surface area contributed by atoms with E-state index in [0.29, 0.717) is 34.8 Å². The maximum Gasteiger partial charge on any atom is 0.323 e. The molecule has 162 valence electrons. The average Bonchev–Trinajstić information content (AvgIpc) is 2.75. The summed E-state index contributed by atoms with van der Waals surface area (Å²) in [5.74, 6) is -2.02. The SMILES string of the molecule is O=C(Nc1ccc(-c2ccc(C(=O)[C@@H]3CC[C@H]3C(=O)O)cc2)cc1)Nc1ccccc1Cl. The molecule has 1 aliphatic carbocycles. The van der Waals surface area contributed by atoms with E-state index in [1.807, 2.05) is 24.3 Å². The molecule has 4 rings (SSSR count). The summed E-state index contributed by atoms with van der Waals surface area (Å²) in [6.45, 7) is 0. The van der Waals surface area contributed by atoms with Crippen LogP contribution < -0.4 is 10.6 Å². The number of rotatable bonds is 6. The number of aliphatic carboxylic acids is 1. The molecule has 3 N–H and O–H groups in total. The average molecular weight is 449 g/mol. The van der Waals surface area contributed by atoms with E-state index in [-0.39, 0.29) is 5.78 Å². The molecule has 0 aliphatic heterocycles. The minimum atomic E-state index is -0.902. The third-order valence-electron chi connectivity index (χ3n) is 5.70. The molecular weight excluding hydrogens is 428 g/mol. The fourth-order valence-corrected chi connectivity index (χ4v) is 3.93. The van der Waals surface area contributed by atoms with Gasteiger partial charge in [0, 0.05) is 17.2 Å². The Hall–Kier alpha value is -3.64. The summed E-state index contributed by atoms with van der Waals surface area (Å²) in [6.07, 6.45) is 1.18. The molecule has 3 aromatic carbocycles. The van der Waals surface area contributed by atoms with Crippen molar-refractivity contribution in [3.05, 3.63) is 83.4 Å². The minimum absolute atomic E-state index is 0.112. The fraction of sp³-hybridized carbons (Fsp3) is 0.160. The van der Waals surface area contributed by atoms with Crippen LogP contribution in [0.5, 0.6) is 0 Å². The molecule has 1 saturated carbocycles. The first-order chi connectivity index (χ1) is 15.4. The second kappa shape index (κ2) is 9.24. The topological polar surface area (TPSA) is 95.5 Å². The molecule has 0 saturated heterocycles. The van der Waals surface area contributed by atoms with Crippen molar-refractivity contribution in [2.45, 2.75) is 12.8 Å². The van der Waals surface area contributed by atoms with E-state index in [1.165, 1.54) is 0 Å². The highest BCUT2D eigenvalue weighted by atomic mass is 35.5. The molecule has 2 amide bonds. The Labute approximate surface area is 190 Å². The van der Waals surface area contributed by atoms with Crippen molar-refractivity contribution in [2.24, 2.45) is 11.8 Å². The van der Waals surface area contributed by atoms with E-state index in [0.717, 1.165) is 11.1 Å². The van der Waals surface area contributed by atoms with Gasteiger partial charge >= 0.3 is 12.0 Å². The second-order valence-corrected chi connectivity index (χ2v) is 8.11. The molecule has 32 heavy (non-hydrogen) atoms. The number of hydrogen-bond acceptors (Lipinski definition) is 3. The maximum atomic E-state index is 12.6. The number of anilines is 2. The zero-order valence-corrected chi connectivity index (χ0v) is 17.8. The van der Waals surface area contributed by atoms with E-state index >= 15 is 0 Å². The number of carbonyl (C=O) groups excluding carboxylic acids is 2. The number of urea groups is 1. The fourth-order valence-electron chi connectivity index (χ4n) is 3.74. The Morgan fingerprint density at radius 3 is 1.94 bits per heavy atom. The van der Waals surface area contributed by atoms with Crippen molar-refractivity contribution in [1.82, 2.24) is 0 Å². The summed E-state index contributed by atoms with van der Waals surface area (Å²) in [6, 6.07) is 21.0. The van der Waals surface area contributed by atoms with Crippen LogP contribution in [0.1, 0.15) is 23.2 Å². The van der Waals surface area contributed by atoms with Crippen LogP contribution in [-0.4, -0.2) is 22.9 Å². The first kappa shape index (κ1) is 21.6. The van der Waals surface area contributed by atoms with E-state index < -0.39 is 23.8 Å². The van der Waals surface area contributed by atoms with Gasteiger partial charge in [-0.1, -0.05) is 60.1 Å². The normalized spacial score (nSPS) is 17.2. The number of para-hydroxylation sites is 1. The van der Waals surface area contributed by atoms with Crippen LogP contribution in [-0.2, 0) is 4.79 Å². The molecule has 2 atom stereocenters. The summed E-state index contributed by atoms with van der Waals surface area (Å²) in [5.41, 5.74) is 3.51. The lowest BCUT2D eigenvalue weighted by molar-refractivity contribution is -0.146. The zero-order chi connectivity index (χ0) is 22.7. The zero-order valence-electron chi connectivity index (χ0n) is 17.0. The van der Waals surface area contributed by atoms with Crippen molar-refractivity contribution in [3.63, 3.8) is 0 Å². The van der Waals surface area contributed by atoms with Gasteiger partial charge < -0.3 is 15.7 Å². The van der Waals surface area contributed by atoms with Crippen molar-refractivity contribution >= 4 is 40.8 Å². The van der Waals surface area contributed by atoms with Gasteiger partial charge in [-0.25, -0.2) is 4.79 Å². The van der Waals surface area contributed by atoms with Gasteiger partial charge in [0.15, 0.2) is 5.78 Å². The lowest BCUT2D eigenvalue weighted by atomic mass is 9.70. The molecule has 0 radical (unpaired) electrons. The van der Waals surface area contributed by atoms with Crippen LogP contribution in [0, 0.1) is 11.8 Å². The standard InChI is InChI=1S/C25H21ClN2O4/c26-21-3-1-2-4-22(21)28-25(32)27-18-11-9-16(10-12-18)15-5-7-17(8-6-15)23(29)19-13-14-20(19)24(30)31/h1-12,19-20H,13-14H2,(H,30,31)(H2,27,28,32)/t19-,20-/m1/s1. The largest absolute Gasteiger partial charge is 0.481 e. The van der Waals surface area contributed by atoms with Crippen LogP contribution in [0.15, 0.2) is 72.8 Å². The van der Waals surface area contributed by atoms with E-state index in [4.69, 9.17) is 16.7 Å². The van der Waals surface area contributed by atoms with Crippen LogP contribution in [0.2, 0.25) is 5.02 Å². The lowest BCUT2D eigenvalue weighted by Crippen LogP contribution is -2.38. The van der Waals surface area contributed by atoms with Crippen LogP contribution in [0.4, 0.5) is 16.2 Å². The number of benzene rings is 3. The molecule has 1 fully saturated rings. The summed E-state index contributed by atoms with van der Waals surface area (Å²) < 4.78 is 0. The predicted molar refractivity (Wildman–Crippen MR) is 124 cm³/mol. The van der Waals surface area contributed by atoms with Gasteiger partial charge in [-0.3, -0.25) is 9.59 Å².